The van der Waals surface area contributed by atoms with Gasteiger partial charge in [-0.1, -0.05) is 0 Å². The van der Waals surface area contributed by atoms with Gasteiger partial charge in [-0.25, -0.2) is 13.2 Å². The van der Waals surface area contributed by atoms with Crippen LogP contribution in [0.25, 0.3) is 0 Å². The van der Waals surface area contributed by atoms with Crippen LogP contribution in [0.3, 0.4) is 0 Å². The van der Waals surface area contributed by atoms with Gasteiger partial charge in [-0.2, -0.15) is 0 Å². The Labute approximate surface area is 118 Å². The van der Waals surface area contributed by atoms with Gasteiger partial charge in [-0.05, 0) is 29.8 Å². The number of aromatic nitrogens is 1. The van der Waals surface area contributed by atoms with Crippen molar-refractivity contribution >= 4 is 5.91 Å². The van der Waals surface area contributed by atoms with E-state index in [1.807, 2.05) is 0 Å². The number of nitrogens with one attached hydrogen (secondary N) is 1. The summed E-state index contributed by atoms with van der Waals surface area (Å²) in [7, 11) is 1.65. The minimum absolute atomic E-state index is 0.0588. The molecule has 0 radical (unpaired) electrons. The van der Waals surface area contributed by atoms with Crippen molar-refractivity contribution in [1.82, 2.24) is 9.88 Å². The number of nitrogens with zero attached hydrogens (tertiary/aromatic N) is 1. The molecule has 2 aromatic rings. The van der Waals surface area contributed by atoms with Gasteiger partial charge in [0.1, 0.15) is 5.69 Å². The summed E-state index contributed by atoms with van der Waals surface area (Å²) in [4.78, 5) is 12.0. The summed E-state index contributed by atoms with van der Waals surface area (Å²) in [6.07, 6.45) is 1.65. The number of aliphatic hydroxyl groups excluding tert-OH is 1. The first-order chi connectivity index (χ1) is 9.93. The van der Waals surface area contributed by atoms with Crippen LogP contribution in [-0.2, 0) is 7.05 Å². The monoisotopic (exact) mass is 298 g/mol. The average molecular weight is 298 g/mol. The Bertz CT molecular complexity index is 647. The van der Waals surface area contributed by atoms with E-state index < -0.39 is 36.0 Å². The minimum Gasteiger partial charge on any atom is -0.394 e. The number of hydrogen-bond acceptors (Lipinski definition) is 2. The number of amides is 1. The molecule has 1 aromatic heterocycles. The maximum Gasteiger partial charge on any atom is 0.268 e. The van der Waals surface area contributed by atoms with Gasteiger partial charge in [0, 0.05) is 13.2 Å². The van der Waals surface area contributed by atoms with E-state index in [4.69, 9.17) is 0 Å². The zero-order valence-electron chi connectivity index (χ0n) is 11.1. The van der Waals surface area contributed by atoms with Crippen LogP contribution in [0.4, 0.5) is 13.2 Å². The molecule has 21 heavy (non-hydrogen) atoms. The van der Waals surface area contributed by atoms with E-state index >= 15 is 0 Å². The van der Waals surface area contributed by atoms with E-state index in [-0.39, 0.29) is 5.56 Å². The third-order valence-electron chi connectivity index (χ3n) is 3.07. The third kappa shape index (κ3) is 3.08. The highest BCUT2D eigenvalue weighted by Crippen LogP contribution is 2.19. The normalized spacial score (nSPS) is 12.2. The Kier molecular flexibility index (Phi) is 4.32. The summed E-state index contributed by atoms with van der Waals surface area (Å²) in [6, 6.07) is 3.64. The molecule has 1 heterocycles. The van der Waals surface area contributed by atoms with Gasteiger partial charge in [0.15, 0.2) is 17.5 Å². The first-order valence-corrected chi connectivity index (χ1v) is 6.11. The molecule has 112 valence electrons. The molecule has 2 rings (SSSR count). The summed E-state index contributed by atoms with van der Waals surface area (Å²) in [6.45, 7) is -0.583. The lowest BCUT2D eigenvalue weighted by atomic mass is 10.1. The Morgan fingerprint density at radius 2 is 1.95 bits per heavy atom. The van der Waals surface area contributed by atoms with Crippen LogP contribution < -0.4 is 5.32 Å². The van der Waals surface area contributed by atoms with E-state index in [1.165, 1.54) is 0 Å². The lowest BCUT2D eigenvalue weighted by Crippen LogP contribution is -2.32. The molecule has 0 aliphatic carbocycles. The second-order valence-electron chi connectivity index (χ2n) is 4.51. The summed E-state index contributed by atoms with van der Waals surface area (Å²) in [5.41, 5.74) is 0.257. The molecular weight excluding hydrogens is 285 g/mol. The highest BCUT2D eigenvalue weighted by molar-refractivity contribution is 5.93. The van der Waals surface area contributed by atoms with Crippen molar-refractivity contribution in [3.8, 4) is 0 Å². The fourth-order valence-electron chi connectivity index (χ4n) is 1.94. The first-order valence-electron chi connectivity index (χ1n) is 6.11. The molecule has 4 nitrogen and oxygen atoms in total. The molecule has 0 aliphatic heterocycles. The standard InChI is InChI=1S/C14H13F3N2O2/c1-19-4-2-3-12(19)14(21)18-11(7-20)8-5-9(15)13(17)10(16)6-8/h2-6,11,20H,7H2,1H3,(H,18,21). The molecule has 0 bridgehead atoms. The van der Waals surface area contributed by atoms with Gasteiger partial charge in [-0.3, -0.25) is 4.79 Å². The van der Waals surface area contributed by atoms with Crippen LogP contribution in [-0.4, -0.2) is 22.2 Å². The second kappa shape index (κ2) is 6.01. The van der Waals surface area contributed by atoms with Crippen LogP contribution in [0.1, 0.15) is 22.1 Å². The quantitative estimate of drug-likeness (QED) is 0.847. The second-order valence-corrected chi connectivity index (χ2v) is 4.51. The fraction of sp³-hybridized carbons (Fsp3) is 0.214. The molecule has 0 saturated heterocycles. The SMILES string of the molecule is Cn1cccc1C(=O)NC(CO)c1cc(F)c(F)c(F)c1. The molecule has 1 aromatic carbocycles. The van der Waals surface area contributed by atoms with Crippen LogP contribution in [0.15, 0.2) is 30.5 Å². The third-order valence-corrected chi connectivity index (χ3v) is 3.07. The minimum atomic E-state index is -1.59. The lowest BCUT2D eigenvalue weighted by molar-refractivity contribution is 0.0907. The van der Waals surface area contributed by atoms with Crippen molar-refractivity contribution in [3.05, 3.63) is 59.2 Å². The van der Waals surface area contributed by atoms with E-state index in [1.54, 1.807) is 29.9 Å². The summed E-state index contributed by atoms with van der Waals surface area (Å²) in [5.74, 6) is -4.87. The number of rotatable bonds is 4. The van der Waals surface area contributed by atoms with Gasteiger partial charge < -0.3 is 15.0 Å². The van der Waals surface area contributed by atoms with Gasteiger partial charge in [0.25, 0.3) is 5.91 Å². The summed E-state index contributed by atoms with van der Waals surface area (Å²) in [5, 5.41) is 11.7. The Morgan fingerprint density at radius 3 is 2.43 bits per heavy atom. The van der Waals surface area contributed by atoms with Gasteiger partial charge >= 0.3 is 0 Å². The van der Waals surface area contributed by atoms with E-state index in [2.05, 4.69) is 5.32 Å². The fourth-order valence-corrected chi connectivity index (χ4v) is 1.94. The summed E-state index contributed by atoms with van der Waals surface area (Å²) < 4.78 is 40.9. The average Bonchev–Trinajstić information content (AvgIpc) is 2.87. The molecule has 1 amide bonds. The zero-order valence-corrected chi connectivity index (χ0v) is 11.1. The lowest BCUT2D eigenvalue weighted by Gasteiger charge is -2.17. The molecule has 0 spiro atoms. The van der Waals surface area contributed by atoms with Crippen LogP contribution in [0.5, 0.6) is 0 Å². The Hall–Kier alpha value is -2.28. The molecule has 1 unspecified atom stereocenters. The van der Waals surface area contributed by atoms with Gasteiger partial charge in [0.05, 0.1) is 12.6 Å². The van der Waals surface area contributed by atoms with E-state index in [9.17, 15) is 23.1 Å². The number of aryl methyl sites for hydroxylation is 1. The maximum absolute atomic E-state index is 13.2. The van der Waals surface area contributed by atoms with Crippen molar-refractivity contribution in [2.75, 3.05) is 6.61 Å². The molecule has 0 aliphatic rings. The van der Waals surface area contributed by atoms with Gasteiger partial charge in [0.2, 0.25) is 0 Å². The number of benzene rings is 1. The molecular formula is C14H13F3N2O2. The van der Waals surface area contributed by atoms with Crippen molar-refractivity contribution in [2.45, 2.75) is 6.04 Å². The molecule has 2 N–H and O–H groups in total. The topological polar surface area (TPSA) is 54.3 Å². The van der Waals surface area contributed by atoms with Crippen molar-refractivity contribution in [3.63, 3.8) is 0 Å². The van der Waals surface area contributed by atoms with E-state index in [0.29, 0.717) is 5.69 Å². The van der Waals surface area contributed by atoms with Crippen molar-refractivity contribution in [1.29, 1.82) is 0 Å². The number of hydrogen-bond donors (Lipinski definition) is 2. The largest absolute Gasteiger partial charge is 0.394 e. The van der Waals surface area contributed by atoms with Crippen LogP contribution in [0, 0.1) is 17.5 Å². The maximum atomic E-state index is 13.2. The molecule has 7 heteroatoms. The summed E-state index contributed by atoms with van der Waals surface area (Å²) >= 11 is 0. The Morgan fingerprint density at radius 1 is 1.33 bits per heavy atom. The van der Waals surface area contributed by atoms with Crippen molar-refractivity contribution < 1.29 is 23.1 Å². The van der Waals surface area contributed by atoms with E-state index in [0.717, 1.165) is 12.1 Å². The van der Waals surface area contributed by atoms with Crippen LogP contribution >= 0.6 is 0 Å². The van der Waals surface area contributed by atoms with Crippen LogP contribution in [0.2, 0.25) is 0 Å². The van der Waals surface area contributed by atoms with Crippen molar-refractivity contribution in [2.24, 2.45) is 7.05 Å². The number of carbonyl (C=O) groups excluding carboxylic acids is 1. The number of halogens is 3. The highest BCUT2D eigenvalue weighted by Gasteiger charge is 2.20. The molecule has 0 fully saturated rings. The predicted molar refractivity (Wildman–Crippen MR) is 69.0 cm³/mol. The number of aliphatic hydroxyl groups is 1. The van der Waals surface area contributed by atoms with Gasteiger partial charge in [-0.15, -0.1) is 0 Å². The molecule has 1 atom stereocenters. The molecule has 0 saturated carbocycles. The zero-order chi connectivity index (χ0) is 15.6. The first kappa shape index (κ1) is 15.1. The number of carbonyl (C=O) groups is 1. The highest BCUT2D eigenvalue weighted by atomic mass is 19.2. The smallest absolute Gasteiger partial charge is 0.268 e. The Balaban J connectivity index is 2.25. The predicted octanol–water partition coefficient (Wildman–Crippen LogP) is 1.91.